The zero-order chi connectivity index (χ0) is 13.7. The highest BCUT2D eigenvalue weighted by Crippen LogP contribution is 2.27. The van der Waals surface area contributed by atoms with Crippen LogP contribution in [-0.4, -0.2) is 26.1 Å². The van der Waals surface area contributed by atoms with E-state index in [1.54, 1.807) is 7.11 Å². The number of nitrogens with one attached hydrogen (secondary N) is 2. The lowest BCUT2D eigenvalue weighted by Gasteiger charge is -2.10. The van der Waals surface area contributed by atoms with E-state index in [9.17, 15) is 4.79 Å². The number of anilines is 1. The Bertz CT molecular complexity index is 451. The van der Waals surface area contributed by atoms with Crippen LogP contribution in [0, 0.1) is 5.92 Å². The molecule has 0 saturated carbocycles. The van der Waals surface area contributed by atoms with E-state index in [1.807, 2.05) is 18.2 Å². The number of hydrogen-bond donors (Lipinski definition) is 2. The zero-order valence-electron chi connectivity index (χ0n) is 11.4. The fourth-order valence-electron chi connectivity index (χ4n) is 2.26. The Labute approximate surface area is 134 Å². The van der Waals surface area contributed by atoms with E-state index in [-0.39, 0.29) is 18.3 Å². The molecule has 1 saturated heterocycles. The monoisotopic (exact) mass is 362 g/mol. The fourth-order valence-corrected chi connectivity index (χ4v) is 2.80. The van der Waals surface area contributed by atoms with Crippen molar-refractivity contribution in [2.45, 2.75) is 19.3 Å². The van der Waals surface area contributed by atoms with Crippen molar-refractivity contribution < 1.29 is 9.53 Å². The lowest BCUT2D eigenvalue weighted by molar-refractivity contribution is -0.116. The number of halogens is 2. The lowest BCUT2D eigenvalue weighted by atomic mass is 10.0. The summed E-state index contributed by atoms with van der Waals surface area (Å²) >= 11 is 3.41. The third kappa shape index (κ3) is 4.96. The minimum atomic E-state index is 0. The molecule has 112 valence electrons. The third-order valence-electron chi connectivity index (χ3n) is 3.38. The van der Waals surface area contributed by atoms with Crippen molar-refractivity contribution in [3.63, 3.8) is 0 Å². The number of amides is 1. The van der Waals surface area contributed by atoms with Gasteiger partial charge in [0.1, 0.15) is 5.75 Å². The molecule has 20 heavy (non-hydrogen) atoms. The number of carbonyl (C=O) groups excluding carboxylic acids is 1. The molecular formula is C14H20BrClN2O2. The maximum atomic E-state index is 11.9. The molecule has 0 spiro atoms. The number of rotatable bonds is 5. The van der Waals surface area contributed by atoms with E-state index in [1.165, 1.54) is 6.42 Å². The Hall–Kier alpha value is -0.780. The molecule has 2 N–H and O–H groups in total. The van der Waals surface area contributed by atoms with Crippen LogP contribution in [0.15, 0.2) is 22.7 Å². The standard InChI is InChI=1S/C14H19BrN2O2.ClH/c1-19-13-4-3-11(8-12(13)15)17-14(18)5-2-10-6-7-16-9-10;/h3-4,8,10,16H,2,5-7,9H2,1H3,(H,17,18);1H. The van der Waals surface area contributed by atoms with E-state index in [0.717, 1.165) is 35.4 Å². The van der Waals surface area contributed by atoms with Crippen LogP contribution in [0.2, 0.25) is 0 Å². The molecule has 0 radical (unpaired) electrons. The van der Waals surface area contributed by atoms with Gasteiger partial charge in [-0.05, 0) is 66.0 Å². The highest BCUT2D eigenvalue weighted by molar-refractivity contribution is 9.10. The molecular weight excluding hydrogens is 344 g/mol. The first-order valence-electron chi connectivity index (χ1n) is 6.53. The SMILES string of the molecule is COc1ccc(NC(=O)CCC2CCNC2)cc1Br.Cl. The van der Waals surface area contributed by atoms with Crippen LogP contribution in [0.3, 0.4) is 0 Å². The topological polar surface area (TPSA) is 50.4 Å². The van der Waals surface area contributed by atoms with Crippen molar-refractivity contribution in [2.24, 2.45) is 5.92 Å². The van der Waals surface area contributed by atoms with E-state index >= 15 is 0 Å². The summed E-state index contributed by atoms with van der Waals surface area (Å²) in [5.74, 6) is 1.48. The molecule has 6 heteroatoms. The highest BCUT2D eigenvalue weighted by atomic mass is 79.9. The molecule has 1 atom stereocenters. The number of ether oxygens (including phenoxy) is 1. The van der Waals surface area contributed by atoms with Crippen LogP contribution in [0.1, 0.15) is 19.3 Å². The Balaban J connectivity index is 0.00000200. The maximum absolute atomic E-state index is 11.9. The Morgan fingerprint density at radius 3 is 2.95 bits per heavy atom. The molecule has 1 aromatic carbocycles. The quantitative estimate of drug-likeness (QED) is 0.844. The minimum Gasteiger partial charge on any atom is -0.496 e. The molecule has 1 unspecified atom stereocenters. The van der Waals surface area contributed by atoms with Gasteiger partial charge < -0.3 is 15.4 Å². The molecule has 1 aromatic rings. The van der Waals surface area contributed by atoms with E-state index in [0.29, 0.717) is 12.3 Å². The summed E-state index contributed by atoms with van der Waals surface area (Å²) in [5.41, 5.74) is 0.794. The van der Waals surface area contributed by atoms with Crippen molar-refractivity contribution >= 4 is 39.9 Å². The van der Waals surface area contributed by atoms with Crippen molar-refractivity contribution in [1.82, 2.24) is 5.32 Å². The average Bonchev–Trinajstić information content (AvgIpc) is 2.90. The molecule has 0 bridgehead atoms. The Morgan fingerprint density at radius 1 is 1.55 bits per heavy atom. The van der Waals surface area contributed by atoms with Gasteiger partial charge in [-0.15, -0.1) is 12.4 Å². The summed E-state index contributed by atoms with van der Waals surface area (Å²) < 4.78 is 5.99. The van der Waals surface area contributed by atoms with Gasteiger partial charge in [-0.1, -0.05) is 0 Å². The van der Waals surface area contributed by atoms with Crippen LogP contribution in [0.4, 0.5) is 5.69 Å². The van der Waals surface area contributed by atoms with Gasteiger partial charge in [0.2, 0.25) is 5.91 Å². The molecule has 0 aromatic heterocycles. The molecule has 1 heterocycles. The molecule has 1 aliphatic heterocycles. The smallest absolute Gasteiger partial charge is 0.224 e. The molecule has 1 amide bonds. The maximum Gasteiger partial charge on any atom is 0.224 e. The van der Waals surface area contributed by atoms with Gasteiger partial charge >= 0.3 is 0 Å². The molecule has 1 aliphatic rings. The van der Waals surface area contributed by atoms with Gasteiger partial charge in [-0.3, -0.25) is 4.79 Å². The summed E-state index contributed by atoms with van der Waals surface area (Å²) in [6.45, 7) is 2.12. The summed E-state index contributed by atoms with van der Waals surface area (Å²) in [7, 11) is 1.62. The predicted molar refractivity (Wildman–Crippen MR) is 86.8 cm³/mol. The number of methoxy groups -OCH3 is 1. The Morgan fingerprint density at radius 2 is 2.35 bits per heavy atom. The lowest BCUT2D eigenvalue weighted by Crippen LogP contribution is -2.15. The second kappa shape index (κ2) is 8.49. The summed E-state index contributed by atoms with van der Waals surface area (Å²) in [4.78, 5) is 11.9. The van der Waals surface area contributed by atoms with Gasteiger partial charge in [0.25, 0.3) is 0 Å². The third-order valence-corrected chi connectivity index (χ3v) is 4.00. The van der Waals surface area contributed by atoms with Crippen molar-refractivity contribution in [2.75, 3.05) is 25.5 Å². The predicted octanol–water partition coefficient (Wildman–Crippen LogP) is 3.21. The fraction of sp³-hybridized carbons (Fsp3) is 0.500. The molecule has 2 rings (SSSR count). The summed E-state index contributed by atoms with van der Waals surface area (Å²) in [6.07, 6.45) is 2.72. The van der Waals surface area contributed by atoms with Gasteiger partial charge in [0.15, 0.2) is 0 Å². The van der Waals surface area contributed by atoms with Crippen LogP contribution >= 0.6 is 28.3 Å². The number of carbonyl (C=O) groups is 1. The Kier molecular flexibility index (Phi) is 7.34. The van der Waals surface area contributed by atoms with Gasteiger partial charge in [-0.2, -0.15) is 0 Å². The first kappa shape index (κ1) is 17.3. The van der Waals surface area contributed by atoms with E-state index < -0.39 is 0 Å². The largest absolute Gasteiger partial charge is 0.496 e. The first-order chi connectivity index (χ1) is 9.19. The second-order valence-electron chi connectivity index (χ2n) is 4.80. The van der Waals surface area contributed by atoms with Crippen molar-refractivity contribution in [3.8, 4) is 5.75 Å². The normalized spacial score (nSPS) is 17.4. The van der Waals surface area contributed by atoms with Gasteiger partial charge in [0.05, 0.1) is 11.6 Å². The average molecular weight is 364 g/mol. The van der Waals surface area contributed by atoms with Crippen molar-refractivity contribution in [1.29, 1.82) is 0 Å². The second-order valence-corrected chi connectivity index (χ2v) is 5.65. The number of hydrogen-bond acceptors (Lipinski definition) is 3. The van der Waals surface area contributed by atoms with Crippen LogP contribution in [-0.2, 0) is 4.79 Å². The van der Waals surface area contributed by atoms with Crippen LogP contribution < -0.4 is 15.4 Å². The van der Waals surface area contributed by atoms with Gasteiger partial charge in [-0.25, -0.2) is 0 Å². The molecule has 1 fully saturated rings. The van der Waals surface area contributed by atoms with E-state index in [4.69, 9.17) is 4.74 Å². The zero-order valence-corrected chi connectivity index (χ0v) is 13.9. The van der Waals surface area contributed by atoms with Crippen LogP contribution in [0.25, 0.3) is 0 Å². The van der Waals surface area contributed by atoms with Gasteiger partial charge in [0, 0.05) is 12.1 Å². The van der Waals surface area contributed by atoms with E-state index in [2.05, 4.69) is 26.6 Å². The highest BCUT2D eigenvalue weighted by Gasteiger charge is 2.15. The first-order valence-corrected chi connectivity index (χ1v) is 7.32. The summed E-state index contributed by atoms with van der Waals surface area (Å²) in [5, 5.41) is 6.23. The number of benzene rings is 1. The molecule has 4 nitrogen and oxygen atoms in total. The molecule has 0 aliphatic carbocycles. The van der Waals surface area contributed by atoms with Crippen LogP contribution in [0.5, 0.6) is 5.75 Å². The van der Waals surface area contributed by atoms with Crippen molar-refractivity contribution in [3.05, 3.63) is 22.7 Å². The minimum absolute atomic E-state index is 0. The summed E-state index contributed by atoms with van der Waals surface area (Å²) in [6, 6.07) is 5.53.